The average molecular weight is 426 g/mol. The molecule has 0 unspecified atom stereocenters. The Morgan fingerprint density at radius 2 is 1.53 bits per heavy atom. The molecule has 1 N–H and O–H groups in total. The summed E-state index contributed by atoms with van der Waals surface area (Å²) >= 11 is 0. The Balaban J connectivity index is 1.57. The highest BCUT2D eigenvalue weighted by atomic mass is 16.5. The second kappa shape index (κ2) is 9.65. The predicted octanol–water partition coefficient (Wildman–Crippen LogP) is 7.14. The van der Waals surface area contributed by atoms with Gasteiger partial charge in [-0.1, -0.05) is 67.8 Å². The third kappa shape index (κ3) is 4.80. The fraction of sp³-hybridized carbons (Fsp3) is 0.214. The monoisotopic (exact) mass is 425 g/mol. The lowest BCUT2D eigenvalue weighted by Crippen LogP contribution is -2.00. The summed E-state index contributed by atoms with van der Waals surface area (Å²) in [6.45, 7) is 4.88. The van der Waals surface area contributed by atoms with E-state index in [9.17, 15) is 9.90 Å². The standard InChI is InChI=1S/C28H27NO3/c1-3-4-5-16-32-23-13-11-21(12-14-23)20-7-9-22(10-8-20)27-18-25(28(30)31)24-17-19(2)6-15-26(24)29-27/h6-15,17-18H,3-5,16H2,1-2H3,(H,30,31). The van der Waals surface area contributed by atoms with Crippen LogP contribution in [0.25, 0.3) is 33.3 Å². The molecule has 4 rings (SSSR count). The third-order valence-electron chi connectivity index (χ3n) is 5.58. The van der Waals surface area contributed by atoms with Gasteiger partial charge in [-0.3, -0.25) is 0 Å². The van der Waals surface area contributed by atoms with E-state index in [1.54, 1.807) is 6.07 Å². The molecule has 4 aromatic rings. The van der Waals surface area contributed by atoms with Gasteiger partial charge in [0.1, 0.15) is 5.75 Å². The molecule has 4 heteroatoms. The number of carboxylic acids is 1. The molecule has 3 aromatic carbocycles. The van der Waals surface area contributed by atoms with E-state index in [0.717, 1.165) is 41.0 Å². The third-order valence-corrected chi connectivity index (χ3v) is 5.58. The van der Waals surface area contributed by atoms with E-state index in [1.807, 2.05) is 61.5 Å². The van der Waals surface area contributed by atoms with Crippen LogP contribution in [0.15, 0.2) is 72.8 Å². The molecule has 162 valence electrons. The smallest absolute Gasteiger partial charge is 0.336 e. The SMILES string of the molecule is CCCCCOc1ccc(-c2ccc(-c3cc(C(=O)O)c4cc(C)ccc4n3)cc2)cc1. The number of hydrogen-bond donors (Lipinski definition) is 1. The normalized spacial score (nSPS) is 10.9. The largest absolute Gasteiger partial charge is 0.494 e. The van der Waals surface area contributed by atoms with Crippen molar-refractivity contribution in [2.24, 2.45) is 0 Å². The van der Waals surface area contributed by atoms with Crippen molar-refractivity contribution in [3.63, 3.8) is 0 Å². The summed E-state index contributed by atoms with van der Waals surface area (Å²) in [6, 6.07) is 23.5. The van der Waals surface area contributed by atoms with E-state index in [2.05, 4.69) is 19.1 Å². The van der Waals surface area contributed by atoms with Gasteiger partial charge in [-0.15, -0.1) is 0 Å². The molecule has 0 saturated carbocycles. The van der Waals surface area contributed by atoms with Gasteiger partial charge >= 0.3 is 5.97 Å². The van der Waals surface area contributed by atoms with Crippen LogP contribution in [0.2, 0.25) is 0 Å². The van der Waals surface area contributed by atoms with Gasteiger partial charge in [-0.2, -0.15) is 0 Å². The zero-order chi connectivity index (χ0) is 22.5. The molecule has 32 heavy (non-hydrogen) atoms. The van der Waals surface area contributed by atoms with Crippen LogP contribution >= 0.6 is 0 Å². The average Bonchev–Trinajstić information content (AvgIpc) is 2.81. The van der Waals surface area contributed by atoms with Crippen molar-refractivity contribution in [1.82, 2.24) is 4.98 Å². The maximum Gasteiger partial charge on any atom is 0.336 e. The van der Waals surface area contributed by atoms with Crippen LogP contribution in [0, 0.1) is 6.92 Å². The highest BCUT2D eigenvalue weighted by Crippen LogP contribution is 2.29. The Hall–Kier alpha value is -3.66. The van der Waals surface area contributed by atoms with Gasteiger partial charge < -0.3 is 9.84 Å². The Kier molecular flexibility index (Phi) is 6.50. The van der Waals surface area contributed by atoms with Crippen LogP contribution in [0.1, 0.15) is 42.1 Å². The topological polar surface area (TPSA) is 59.4 Å². The van der Waals surface area contributed by atoms with Crippen LogP contribution < -0.4 is 4.74 Å². The highest BCUT2D eigenvalue weighted by molar-refractivity contribution is 6.04. The highest BCUT2D eigenvalue weighted by Gasteiger charge is 2.13. The zero-order valence-corrected chi connectivity index (χ0v) is 18.5. The molecule has 0 amide bonds. The van der Waals surface area contributed by atoms with E-state index in [1.165, 1.54) is 12.8 Å². The molecule has 1 heterocycles. The number of nitrogens with zero attached hydrogens (tertiary/aromatic N) is 1. The summed E-state index contributed by atoms with van der Waals surface area (Å²) in [5, 5.41) is 10.4. The van der Waals surface area contributed by atoms with Crippen molar-refractivity contribution in [1.29, 1.82) is 0 Å². The molecule has 0 spiro atoms. The molecule has 0 aliphatic carbocycles. The Morgan fingerprint density at radius 1 is 0.875 bits per heavy atom. The fourth-order valence-corrected chi connectivity index (χ4v) is 3.78. The first-order chi connectivity index (χ1) is 15.5. The zero-order valence-electron chi connectivity index (χ0n) is 18.5. The number of benzene rings is 3. The minimum Gasteiger partial charge on any atom is -0.494 e. The second-order valence-corrected chi connectivity index (χ2v) is 8.04. The number of aryl methyl sites for hydroxylation is 1. The van der Waals surface area contributed by atoms with Gasteiger partial charge in [-0.05, 0) is 54.8 Å². The fourth-order valence-electron chi connectivity index (χ4n) is 3.78. The number of carbonyl (C=O) groups is 1. The summed E-state index contributed by atoms with van der Waals surface area (Å²) in [5.41, 5.74) is 5.69. The van der Waals surface area contributed by atoms with Crippen molar-refractivity contribution in [3.8, 4) is 28.1 Å². The number of aromatic carboxylic acids is 1. The van der Waals surface area contributed by atoms with Crippen LogP contribution in [-0.2, 0) is 0 Å². The van der Waals surface area contributed by atoms with E-state index < -0.39 is 5.97 Å². The molecular formula is C28H27NO3. The van der Waals surface area contributed by atoms with Gasteiger partial charge in [0.2, 0.25) is 0 Å². The molecule has 0 fully saturated rings. The van der Waals surface area contributed by atoms with Crippen LogP contribution in [0.3, 0.4) is 0 Å². The minimum atomic E-state index is -0.946. The van der Waals surface area contributed by atoms with Crippen LogP contribution in [0.5, 0.6) is 5.75 Å². The van der Waals surface area contributed by atoms with E-state index in [4.69, 9.17) is 9.72 Å². The van der Waals surface area contributed by atoms with Crippen molar-refractivity contribution in [3.05, 3.63) is 83.9 Å². The Labute approximate surface area is 188 Å². The first kappa shape index (κ1) is 21.6. The number of rotatable bonds is 8. The minimum absolute atomic E-state index is 0.271. The van der Waals surface area contributed by atoms with Gasteiger partial charge in [0.15, 0.2) is 0 Å². The first-order valence-corrected chi connectivity index (χ1v) is 11.0. The number of hydrogen-bond acceptors (Lipinski definition) is 3. The quantitative estimate of drug-likeness (QED) is 0.305. The molecule has 0 saturated heterocycles. The summed E-state index contributed by atoms with van der Waals surface area (Å²) in [5.74, 6) is -0.0591. The first-order valence-electron chi connectivity index (χ1n) is 11.0. The van der Waals surface area contributed by atoms with Crippen LogP contribution in [-0.4, -0.2) is 22.7 Å². The molecule has 4 nitrogen and oxygen atoms in total. The summed E-state index contributed by atoms with van der Waals surface area (Å²) in [7, 11) is 0. The molecular weight excluding hydrogens is 398 g/mol. The Morgan fingerprint density at radius 3 is 2.19 bits per heavy atom. The lowest BCUT2D eigenvalue weighted by molar-refractivity contribution is 0.0699. The molecule has 0 bridgehead atoms. The van der Waals surface area contributed by atoms with Gasteiger partial charge in [0.05, 0.1) is 23.4 Å². The number of ether oxygens (including phenoxy) is 1. The lowest BCUT2D eigenvalue weighted by Gasteiger charge is -2.10. The van der Waals surface area contributed by atoms with Gasteiger partial charge in [-0.25, -0.2) is 9.78 Å². The second-order valence-electron chi connectivity index (χ2n) is 8.04. The van der Waals surface area contributed by atoms with Crippen molar-refractivity contribution >= 4 is 16.9 Å². The number of aromatic nitrogens is 1. The summed E-state index contributed by atoms with van der Waals surface area (Å²) < 4.78 is 5.79. The number of pyridine rings is 1. The molecule has 0 atom stereocenters. The predicted molar refractivity (Wildman–Crippen MR) is 129 cm³/mol. The van der Waals surface area contributed by atoms with Crippen molar-refractivity contribution < 1.29 is 14.6 Å². The maximum absolute atomic E-state index is 11.8. The van der Waals surface area contributed by atoms with E-state index >= 15 is 0 Å². The van der Waals surface area contributed by atoms with E-state index in [-0.39, 0.29) is 5.56 Å². The molecule has 0 aliphatic rings. The molecule has 1 aromatic heterocycles. The maximum atomic E-state index is 11.8. The van der Waals surface area contributed by atoms with Crippen molar-refractivity contribution in [2.75, 3.05) is 6.61 Å². The van der Waals surface area contributed by atoms with E-state index in [0.29, 0.717) is 16.6 Å². The molecule has 0 radical (unpaired) electrons. The van der Waals surface area contributed by atoms with Gasteiger partial charge in [0, 0.05) is 10.9 Å². The Bertz CT molecular complexity index is 1230. The summed E-state index contributed by atoms with van der Waals surface area (Å²) in [6.07, 6.45) is 3.44. The summed E-state index contributed by atoms with van der Waals surface area (Å²) in [4.78, 5) is 16.5. The lowest BCUT2D eigenvalue weighted by atomic mass is 10.00. The number of carboxylic acid groups (broad SMARTS) is 1. The van der Waals surface area contributed by atoms with Crippen LogP contribution in [0.4, 0.5) is 0 Å². The number of fused-ring (bicyclic) bond motifs is 1. The van der Waals surface area contributed by atoms with Crippen molar-refractivity contribution in [2.45, 2.75) is 33.1 Å². The van der Waals surface area contributed by atoms with Gasteiger partial charge in [0.25, 0.3) is 0 Å². The number of unbranched alkanes of at least 4 members (excludes halogenated alkanes) is 2. The molecule has 0 aliphatic heterocycles.